The van der Waals surface area contributed by atoms with Gasteiger partial charge in [0.25, 0.3) is 0 Å². The van der Waals surface area contributed by atoms with Crippen molar-refractivity contribution in [2.24, 2.45) is 11.8 Å². The molecule has 1 saturated carbocycles. The van der Waals surface area contributed by atoms with Crippen molar-refractivity contribution in [1.82, 2.24) is 5.32 Å². The Balaban J connectivity index is 2.02. The van der Waals surface area contributed by atoms with Gasteiger partial charge in [-0.3, -0.25) is 0 Å². The number of nitrogens with one attached hydrogen (secondary N) is 1. The van der Waals surface area contributed by atoms with Crippen LogP contribution in [0.25, 0.3) is 0 Å². The fourth-order valence-electron chi connectivity index (χ4n) is 2.21. The molecule has 1 aliphatic rings. The highest BCUT2D eigenvalue weighted by Crippen LogP contribution is 2.44. The van der Waals surface area contributed by atoms with Crippen LogP contribution in [0.15, 0.2) is 0 Å². The quantitative estimate of drug-likeness (QED) is 0.644. The van der Waals surface area contributed by atoms with Gasteiger partial charge < -0.3 is 5.32 Å². The topological polar surface area (TPSA) is 12.0 Å². The third kappa shape index (κ3) is 3.14. The standard InChI is InChI=1S/C11H23N/c1-4-6-10-8-11(10)7-9(3)12-5-2/h9-12H,4-8H2,1-3H3. The van der Waals surface area contributed by atoms with Gasteiger partial charge in [-0.1, -0.05) is 26.7 Å². The van der Waals surface area contributed by atoms with Gasteiger partial charge in [0, 0.05) is 6.04 Å². The van der Waals surface area contributed by atoms with Crippen LogP contribution in [0.4, 0.5) is 0 Å². The molecule has 0 aromatic heterocycles. The van der Waals surface area contributed by atoms with Crippen molar-refractivity contribution in [2.45, 2.75) is 52.5 Å². The molecule has 0 amide bonds. The second-order valence-electron chi connectivity index (χ2n) is 4.24. The molecule has 1 fully saturated rings. The molecule has 1 nitrogen and oxygen atoms in total. The third-order valence-corrected chi connectivity index (χ3v) is 2.94. The Labute approximate surface area is 76.9 Å². The zero-order valence-corrected chi connectivity index (χ0v) is 8.77. The van der Waals surface area contributed by atoms with Crippen molar-refractivity contribution in [2.75, 3.05) is 6.54 Å². The van der Waals surface area contributed by atoms with E-state index < -0.39 is 0 Å². The van der Waals surface area contributed by atoms with E-state index in [1.54, 1.807) is 0 Å². The molecular formula is C11H23N. The largest absolute Gasteiger partial charge is 0.315 e. The molecule has 0 radical (unpaired) electrons. The van der Waals surface area contributed by atoms with E-state index in [-0.39, 0.29) is 0 Å². The maximum absolute atomic E-state index is 3.48. The molecule has 72 valence electrons. The fraction of sp³-hybridized carbons (Fsp3) is 1.00. The average Bonchev–Trinajstić information content (AvgIpc) is 2.69. The Hall–Kier alpha value is -0.0400. The van der Waals surface area contributed by atoms with E-state index in [4.69, 9.17) is 0 Å². The van der Waals surface area contributed by atoms with E-state index in [1.165, 1.54) is 25.7 Å². The highest BCUT2D eigenvalue weighted by molar-refractivity contribution is 4.87. The number of rotatable bonds is 6. The molecule has 1 aliphatic carbocycles. The van der Waals surface area contributed by atoms with Crippen molar-refractivity contribution in [3.8, 4) is 0 Å². The maximum atomic E-state index is 3.48. The summed E-state index contributed by atoms with van der Waals surface area (Å²) in [6, 6.07) is 0.738. The Kier molecular flexibility index (Phi) is 4.07. The smallest absolute Gasteiger partial charge is 0.00413 e. The molecule has 0 bridgehead atoms. The molecule has 0 heterocycles. The summed E-state index contributed by atoms with van der Waals surface area (Å²) in [5.74, 6) is 2.13. The molecule has 0 aromatic carbocycles. The fourth-order valence-corrected chi connectivity index (χ4v) is 2.21. The minimum atomic E-state index is 0.738. The van der Waals surface area contributed by atoms with E-state index in [2.05, 4.69) is 26.1 Å². The van der Waals surface area contributed by atoms with Gasteiger partial charge in [0.1, 0.15) is 0 Å². The lowest BCUT2D eigenvalue weighted by Crippen LogP contribution is -2.26. The van der Waals surface area contributed by atoms with Crippen molar-refractivity contribution in [3.05, 3.63) is 0 Å². The normalized spacial score (nSPS) is 30.2. The van der Waals surface area contributed by atoms with Gasteiger partial charge in [-0.2, -0.15) is 0 Å². The van der Waals surface area contributed by atoms with Crippen LogP contribution in [-0.2, 0) is 0 Å². The van der Waals surface area contributed by atoms with E-state index >= 15 is 0 Å². The summed E-state index contributed by atoms with van der Waals surface area (Å²) in [5.41, 5.74) is 0. The Morgan fingerprint density at radius 2 is 2.08 bits per heavy atom. The second kappa shape index (κ2) is 4.86. The zero-order valence-electron chi connectivity index (χ0n) is 8.77. The summed E-state index contributed by atoms with van der Waals surface area (Å²) in [5, 5.41) is 3.48. The molecule has 0 aliphatic heterocycles. The Morgan fingerprint density at radius 1 is 1.33 bits per heavy atom. The van der Waals surface area contributed by atoms with Gasteiger partial charge in [-0.25, -0.2) is 0 Å². The predicted octanol–water partition coefficient (Wildman–Crippen LogP) is 2.81. The van der Waals surface area contributed by atoms with Crippen molar-refractivity contribution < 1.29 is 0 Å². The summed E-state index contributed by atoms with van der Waals surface area (Å²) in [7, 11) is 0. The molecule has 3 unspecified atom stereocenters. The summed E-state index contributed by atoms with van der Waals surface area (Å²) in [6.45, 7) is 7.91. The maximum Gasteiger partial charge on any atom is 0.00413 e. The summed E-state index contributed by atoms with van der Waals surface area (Å²) >= 11 is 0. The lowest BCUT2D eigenvalue weighted by molar-refractivity contribution is 0.476. The molecular weight excluding hydrogens is 146 g/mol. The zero-order chi connectivity index (χ0) is 8.97. The van der Waals surface area contributed by atoms with Crippen LogP contribution in [0, 0.1) is 11.8 Å². The molecule has 0 aromatic rings. The molecule has 1 N–H and O–H groups in total. The summed E-state index contributed by atoms with van der Waals surface area (Å²) in [6.07, 6.45) is 5.74. The van der Waals surface area contributed by atoms with E-state index in [9.17, 15) is 0 Å². The monoisotopic (exact) mass is 169 g/mol. The van der Waals surface area contributed by atoms with Gasteiger partial charge in [0.05, 0.1) is 0 Å². The first-order valence-electron chi connectivity index (χ1n) is 5.51. The highest BCUT2D eigenvalue weighted by atomic mass is 14.9. The summed E-state index contributed by atoms with van der Waals surface area (Å²) in [4.78, 5) is 0. The molecule has 1 heteroatoms. The van der Waals surface area contributed by atoms with Crippen molar-refractivity contribution >= 4 is 0 Å². The molecule has 12 heavy (non-hydrogen) atoms. The van der Waals surface area contributed by atoms with Crippen LogP contribution in [0.2, 0.25) is 0 Å². The van der Waals surface area contributed by atoms with Crippen LogP contribution < -0.4 is 5.32 Å². The first-order chi connectivity index (χ1) is 5.77. The second-order valence-corrected chi connectivity index (χ2v) is 4.24. The van der Waals surface area contributed by atoms with Crippen LogP contribution in [0.5, 0.6) is 0 Å². The van der Waals surface area contributed by atoms with Gasteiger partial charge in [0.2, 0.25) is 0 Å². The molecule has 1 rings (SSSR count). The lowest BCUT2D eigenvalue weighted by Gasteiger charge is -2.11. The lowest BCUT2D eigenvalue weighted by atomic mass is 10.1. The van der Waals surface area contributed by atoms with Crippen LogP contribution in [0.3, 0.4) is 0 Å². The molecule has 0 saturated heterocycles. The van der Waals surface area contributed by atoms with Crippen molar-refractivity contribution in [1.29, 1.82) is 0 Å². The average molecular weight is 169 g/mol. The van der Waals surface area contributed by atoms with Gasteiger partial charge in [-0.15, -0.1) is 0 Å². The van der Waals surface area contributed by atoms with Crippen LogP contribution >= 0.6 is 0 Å². The number of hydrogen-bond acceptors (Lipinski definition) is 1. The van der Waals surface area contributed by atoms with E-state index in [0.717, 1.165) is 24.4 Å². The van der Waals surface area contributed by atoms with E-state index in [1.807, 2.05) is 0 Å². The van der Waals surface area contributed by atoms with Gasteiger partial charge in [0.15, 0.2) is 0 Å². The highest BCUT2D eigenvalue weighted by Gasteiger charge is 2.36. The van der Waals surface area contributed by atoms with Gasteiger partial charge in [-0.05, 0) is 38.1 Å². The van der Waals surface area contributed by atoms with Crippen LogP contribution in [0.1, 0.15) is 46.5 Å². The number of hydrogen-bond donors (Lipinski definition) is 1. The first-order valence-corrected chi connectivity index (χ1v) is 5.51. The van der Waals surface area contributed by atoms with Crippen molar-refractivity contribution in [3.63, 3.8) is 0 Å². The Morgan fingerprint density at radius 3 is 2.67 bits per heavy atom. The Bertz CT molecular complexity index is 122. The first kappa shape index (κ1) is 10.0. The minimum Gasteiger partial charge on any atom is -0.315 e. The van der Waals surface area contributed by atoms with Gasteiger partial charge >= 0.3 is 0 Å². The third-order valence-electron chi connectivity index (χ3n) is 2.94. The molecule has 0 spiro atoms. The summed E-state index contributed by atoms with van der Waals surface area (Å²) < 4.78 is 0. The van der Waals surface area contributed by atoms with E-state index in [0.29, 0.717) is 0 Å². The SMILES string of the molecule is CCCC1CC1CC(C)NCC. The molecule has 3 atom stereocenters. The predicted molar refractivity (Wildman–Crippen MR) is 54.3 cm³/mol. The minimum absolute atomic E-state index is 0.738. The van der Waals surface area contributed by atoms with Crippen LogP contribution in [-0.4, -0.2) is 12.6 Å².